The molecule has 2 rings (SSSR count). The van der Waals surface area contributed by atoms with Gasteiger partial charge in [-0.15, -0.1) is 0 Å². The Morgan fingerprint density at radius 1 is 1.23 bits per heavy atom. The van der Waals surface area contributed by atoms with E-state index < -0.39 is 5.97 Å². The molecule has 2 aliphatic carbocycles. The minimum atomic E-state index is -0.880. The van der Waals surface area contributed by atoms with Crippen LogP contribution in [0.15, 0.2) is 36.0 Å². The van der Waals surface area contributed by atoms with Gasteiger partial charge >= 0.3 is 5.97 Å². The summed E-state index contributed by atoms with van der Waals surface area (Å²) in [6.07, 6.45) is 11.1. The molecule has 22 heavy (non-hydrogen) atoms. The summed E-state index contributed by atoms with van der Waals surface area (Å²) in [5, 5.41) is 19.4. The summed E-state index contributed by atoms with van der Waals surface area (Å²) in [6.45, 7) is 8.09. The molecule has 0 heterocycles. The van der Waals surface area contributed by atoms with Gasteiger partial charge in [-0.2, -0.15) is 0 Å². The standard InChI is InChI=1S/C19H28O3/c1-11-8-9-15-10-13(3)18(20)14(4)17(15)16(11)7-5-6-12(2)19(21)22/h5-9,11,13-18,20H,10H2,1-4H3,(H,21,22)/b7-5?,12-6+/t11-,13-,14+,15-,16+,17+,18+/m1/s1. The Labute approximate surface area is 133 Å². The first kappa shape index (κ1) is 17.0. The first-order valence-electron chi connectivity index (χ1n) is 8.27. The number of allylic oxidation sites excluding steroid dienone is 5. The highest BCUT2D eigenvalue weighted by Crippen LogP contribution is 2.48. The summed E-state index contributed by atoms with van der Waals surface area (Å²) in [6, 6.07) is 0. The molecule has 0 aromatic rings. The van der Waals surface area contributed by atoms with Crippen LogP contribution < -0.4 is 0 Å². The minimum Gasteiger partial charge on any atom is -0.478 e. The van der Waals surface area contributed by atoms with E-state index in [1.54, 1.807) is 13.0 Å². The summed E-state index contributed by atoms with van der Waals surface area (Å²) < 4.78 is 0. The van der Waals surface area contributed by atoms with Crippen LogP contribution in [0.4, 0.5) is 0 Å². The molecule has 0 saturated heterocycles. The molecule has 0 aliphatic heterocycles. The Bertz CT molecular complexity index is 503. The van der Waals surface area contributed by atoms with E-state index in [4.69, 9.17) is 5.11 Å². The van der Waals surface area contributed by atoms with Gasteiger partial charge in [-0.25, -0.2) is 4.79 Å². The maximum absolute atomic E-state index is 10.9. The van der Waals surface area contributed by atoms with Gasteiger partial charge in [0.05, 0.1) is 6.10 Å². The van der Waals surface area contributed by atoms with E-state index in [1.807, 2.05) is 6.08 Å². The zero-order valence-corrected chi connectivity index (χ0v) is 13.9. The molecule has 0 amide bonds. The summed E-state index contributed by atoms with van der Waals surface area (Å²) in [5.74, 6) is 1.44. The SMILES string of the molecule is C/C(=C\C=C[C@@H]1[C@H]2[C@H](C)[C@@H](O)[C@H](C)C[C@H]2C=C[C@H]1C)C(=O)O. The van der Waals surface area contributed by atoms with E-state index >= 15 is 0 Å². The number of hydrogen-bond acceptors (Lipinski definition) is 2. The van der Waals surface area contributed by atoms with Gasteiger partial charge in [0, 0.05) is 5.57 Å². The van der Waals surface area contributed by atoms with Crippen molar-refractivity contribution in [3.8, 4) is 0 Å². The molecule has 1 fully saturated rings. The molecule has 3 nitrogen and oxygen atoms in total. The first-order chi connectivity index (χ1) is 10.3. The molecule has 0 unspecified atom stereocenters. The van der Waals surface area contributed by atoms with Crippen molar-refractivity contribution in [2.75, 3.05) is 0 Å². The van der Waals surface area contributed by atoms with Crippen molar-refractivity contribution < 1.29 is 15.0 Å². The monoisotopic (exact) mass is 304 g/mol. The second kappa shape index (κ2) is 6.82. The van der Waals surface area contributed by atoms with Crippen molar-refractivity contribution in [2.45, 2.75) is 40.2 Å². The van der Waals surface area contributed by atoms with Gasteiger partial charge in [-0.1, -0.05) is 51.2 Å². The zero-order chi connectivity index (χ0) is 16.4. The summed E-state index contributed by atoms with van der Waals surface area (Å²) in [5.41, 5.74) is 0.345. The van der Waals surface area contributed by atoms with Crippen LogP contribution in [0.3, 0.4) is 0 Å². The Balaban J connectivity index is 2.22. The molecular formula is C19H28O3. The molecule has 2 aliphatic rings. The van der Waals surface area contributed by atoms with Crippen LogP contribution in [-0.2, 0) is 4.79 Å². The average molecular weight is 304 g/mol. The number of aliphatic hydroxyl groups is 1. The number of aliphatic hydroxyl groups excluding tert-OH is 1. The number of carboxylic acid groups (broad SMARTS) is 1. The fourth-order valence-corrected chi connectivity index (χ4v) is 4.20. The molecule has 0 aromatic heterocycles. The molecule has 7 atom stereocenters. The molecule has 3 heteroatoms. The first-order valence-corrected chi connectivity index (χ1v) is 8.27. The third-order valence-electron chi connectivity index (χ3n) is 5.60. The van der Waals surface area contributed by atoms with Gasteiger partial charge in [-0.05, 0) is 48.9 Å². The lowest BCUT2D eigenvalue weighted by Gasteiger charge is -2.48. The minimum absolute atomic E-state index is 0.243. The van der Waals surface area contributed by atoms with Crippen LogP contribution in [-0.4, -0.2) is 22.3 Å². The van der Waals surface area contributed by atoms with Crippen molar-refractivity contribution in [1.82, 2.24) is 0 Å². The third kappa shape index (κ3) is 3.35. The number of aliphatic carboxylic acids is 1. The van der Waals surface area contributed by atoms with Crippen molar-refractivity contribution in [3.05, 3.63) is 36.0 Å². The lowest BCUT2D eigenvalue weighted by Crippen LogP contribution is -2.46. The summed E-state index contributed by atoms with van der Waals surface area (Å²) >= 11 is 0. The van der Waals surface area contributed by atoms with E-state index in [9.17, 15) is 9.90 Å². The van der Waals surface area contributed by atoms with Crippen molar-refractivity contribution in [3.63, 3.8) is 0 Å². The van der Waals surface area contributed by atoms with Gasteiger partial charge in [0.15, 0.2) is 0 Å². The largest absolute Gasteiger partial charge is 0.478 e. The predicted molar refractivity (Wildman–Crippen MR) is 88.3 cm³/mol. The number of hydrogen-bond donors (Lipinski definition) is 2. The summed E-state index contributed by atoms with van der Waals surface area (Å²) in [7, 11) is 0. The van der Waals surface area contributed by atoms with E-state index in [-0.39, 0.29) is 12.0 Å². The van der Waals surface area contributed by atoms with Gasteiger partial charge in [-0.3, -0.25) is 0 Å². The lowest BCUT2D eigenvalue weighted by atomic mass is 9.58. The average Bonchev–Trinajstić information content (AvgIpc) is 2.47. The van der Waals surface area contributed by atoms with Crippen LogP contribution in [0.25, 0.3) is 0 Å². The fraction of sp³-hybridized carbons (Fsp3) is 0.632. The highest BCUT2D eigenvalue weighted by molar-refractivity contribution is 5.86. The van der Waals surface area contributed by atoms with E-state index in [0.29, 0.717) is 35.2 Å². The molecule has 1 saturated carbocycles. The van der Waals surface area contributed by atoms with Crippen LogP contribution in [0.5, 0.6) is 0 Å². The Hall–Kier alpha value is -1.35. The quantitative estimate of drug-likeness (QED) is 0.475. The number of fused-ring (bicyclic) bond motifs is 1. The molecule has 0 bridgehead atoms. The molecule has 0 radical (unpaired) electrons. The molecule has 122 valence electrons. The highest BCUT2D eigenvalue weighted by Gasteiger charge is 2.44. The Morgan fingerprint density at radius 2 is 1.91 bits per heavy atom. The third-order valence-corrected chi connectivity index (χ3v) is 5.60. The zero-order valence-electron chi connectivity index (χ0n) is 13.9. The maximum Gasteiger partial charge on any atom is 0.331 e. The van der Waals surface area contributed by atoms with Crippen LogP contribution in [0, 0.1) is 35.5 Å². The van der Waals surface area contributed by atoms with Crippen molar-refractivity contribution >= 4 is 5.97 Å². The van der Waals surface area contributed by atoms with Gasteiger partial charge in [0.25, 0.3) is 0 Å². The Kier molecular flexibility index (Phi) is 5.28. The molecule has 0 aromatic carbocycles. The topological polar surface area (TPSA) is 57.5 Å². The lowest BCUT2D eigenvalue weighted by molar-refractivity contribution is -0.132. The van der Waals surface area contributed by atoms with Crippen LogP contribution in [0.1, 0.15) is 34.1 Å². The van der Waals surface area contributed by atoms with Crippen molar-refractivity contribution in [1.29, 1.82) is 0 Å². The normalized spacial score (nSPS) is 42.4. The highest BCUT2D eigenvalue weighted by atomic mass is 16.4. The maximum atomic E-state index is 10.9. The molecule has 2 N–H and O–H groups in total. The Morgan fingerprint density at radius 3 is 2.55 bits per heavy atom. The van der Waals surface area contributed by atoms with Crippen molar-refractivity contribution in [2.24, 2.45) is 35.5 Å². The van der Waals surface area contributed by atoms with E-state index in [2.05, 4.69) is 39.0 Å². The van der Waals surface area contributed by atoms with E-state index in [1.165, 1.54) is 0 Å². The smallest absolute Gasteiger partial charge is 0.331 e. The van der Waals surface area contributed by atoms with E-state index in [0.717, 1.165) is 6.42 Å². The second-order valence-electron chi connectivity index (χ2n) is 7.16. The number of carbonyl (C=O) groups is 1. The van der Waals surface area contributed by atoms with Crippen LogP contribution in [0.2, 0.25) is 0 Å². The number of carboxylic acids is 1. The molecule has 0 spiro atoms. The van der Waals surface area contributed by atoms with Crippen LogP contribution >= 0.6 is 0 Å². The second-order valence-corrected chi connectivity index (χ2v) is 7.16. The molecular weight excluding hydrogens is 276 g/mol. The van der Waals surface area contributed by atoms with Gasteiger partial charge in [0.2, 0.25) is 0 Å². The predicted octanol–water partition coefficient (Wildman–Crippen LogP) is 3.66. The van der Waals surface area contributed by atoms with Gasteiger partial charge in [0.1, 0.15) is 0 Å². The fourth-order valence-electron chi connectivity index (χ4n) is 4.20. The summed E-state index contributed by atoms with van der Waals surface area (Å²) in [4.78, 5) is 10.9. The number of rotatable bonds is 3. The van der Waals surface area contributed by atoms with Gasteiger partial charge < -0.3 is 10.2 Å².